The van der Waals surface area contributed by atoms with Gasteiger partial charge in [0.25, 0.3) is 5.91 Å². The lowest BCUT2D eigenvalue weighted by Crippen LogP contribution is -2.40. The fourth-order valence-electron chi connectivity index (χ4n) is 3.60. The number of ether oxygens (including phenoxy) is 1. The van der Waals surface area contributed by atoms with E-state index in [2.05, 4.69) is 32.9 Å². The number of aromatic amines is 1. The fourth-order valence-corrected chi connectivity index (χ4v) is 4.25. The van der Waals surface area contributed by atoms with Crippen LogP contribution >= 0.6 is 22.6 Å². The Morgan fingerprint density at radius 1 is 1.31 bits per heavy atom. The number of H-pyrrole nitrogens is 1. The first kappa shape index (κ1) is 20.0. The highest BCUT2D eigenvalue weighted by Gasteiger charge is 2.27. The highest BCUT2D eigenvalue weighted by molar-refractivity contribution is 14.1. The summed E-state index contributed by atoms with van der Waals surface area (Å²) in [6.07, 6.45) is 6.45. The SMILES string of the molecule is CC1(C)C=Cc2cc(I)cc(C(=O)N[C@@H](CO)Cc3c[nH]c4ccccc34)c2O1. The molecular weight excluding hydrogens is 479 g/mol. The number of benzene rings is 2. The number of carbonyl (C=O) groups excluding carboxylic acids is 1. The van der Waals surface area contributed by atoms with Crippen molar-refractivity contribution in [2.45, 2.75) is 31.9 Å². The molecule has 2 aromatic carbocycles. The Kier molecular flexibility index (Phi) is 5.40. The van der Waals surface area contributed by atoms with Crippen LogP contribution in [-0.2, 0) is 6.42 Å². The molecule has 0 saturated heterocycles. The van der Waals surface area contributed by atoms with Gasteiger partial charge in [-0.25, -0.2) is 0 Å². The maximum absolute atomic E-state index is 13.1. The van der Waals surface area contributed by atoms with Gasteiger partial charge in [0.05, 0.1) is 18.2 Å². The number of halogens is 1. The highest BCUT2D eigenvalue weighted by Crippen LogP contribution is 2.35. The Balaban J connectivity index is 1.58. The van der Waals surface area contributed by atoms with E-state index in [0.717, 1.165) is 25.6 Å². The van der Waals surface area contributed by atoms with E-state index in [1.165, 1.54) is 0 Å². The minimum absolute atomic E-state index is 0.149. The summed E-state index contributed by atoms with van der Waals surface area (Å²) in [5, 5.41) is 14.0. The third-order valence-corrected chi connectivity index (χ3v) is 5.68. The van der Waals surface area contributed by atoms with Crippen molar-refractivity contribution in [2.24, 2.45) is 0 Å². The van der Waals surface area contributed by atoms with E-state index < -0.39 is 11.6 Å². The van der Waals surface area contributed by atoms with Gasteiger partial charge in [0, 0.05) is 26.2 Å². The van der Waals surface area contributed by atoms with Gasteiger partial charge in [0.15, 0.2) is 0 Å². The van der Waals surface area contributed by atoms with Crippen molar-refractivity contribution in [1.82, 2.24) is 10.3 Å². The number of amides is 1. The molecular formula is C23H23IN2O3. The van der Waals surface area contributed by atoms with Crippen LogP contribution in [0.5, 0.6) is 5.75 Å². The summed E-state index contributed by atoms with van der Waals surface area (Å²) in [6.45, 7) is 3.77. The number of hydrogen-bond acceptors (Lipinski definition) is 3. The topological polar surface area (TPSA) is 74.4 Å². The minimum Gasteiger partial charge on any atom is -0.482 e. The first-order valence-corrected chi connectivity index (χ1v) is 10.6. The molecule has 1 atom stereocenters. The van der Waals surface area contributed by atoms with Gasteiger partial charge in [-0.15, -0.1) is 0 Å². The molecule has 4 rings (SSSR count). The zero-order chi connectivity index (χ0) is 20.6. The fraction of sp³-hybridized carbons (Fsp3) is 0.261. The van der Waals surface area contributed by atoms with E-state index in [1.54, 1.807) is 0 Å². The maximum atomic E-state index is 13.1. The van der Waals surface area contributed by atoms with E-state index in [1.807, 2.05) is 68.6 Å². The van der Waals surface area contributed by atoms with Crippen molar-refractivity contribution < 1.29 is 14.6 Å². The lowest BCUT2D eigenvalue weighted by atomic mass is 9.99. The van der Waals surface area contributed by atoms with E-state index in [-0.39, 0.29) is 12.5 Å². The molecule has 1 aliphatic heterocycles. The van der Waals surface area contributed by atoms with Crippen LogP contribution in [-0.4, -0.2) is 34.2 Å². The monoisotopic (exact) mass is 502 g/mol. The Bertz CT molecular complexity index is 1100. The van der Waals surface area contributed by atoms with Crippen LogP contribution in [0.2, 0.25) is 0 Å². The Morgan fingerprint density at radius 2 is 2.10 bits per heavy atom. The summed E-state index contributed by atoms with van der Waals surface area (Å²) in [5.41, 5.74) is 3.00. The number of hydrogen-bond donors (Lipinski definition) is 3. The molecule has 1 aromatic heterocycles. The lowest BCUT2D eigenvalue weighted by molar-refractivity contribution is 0.0904. The van der Waals surface area contributed by atoms with E-state index in [0.29, 0.717) is 17.7 Å². The quantitative estimate of drug-likeness (QED) is 0.456. The molecule has 150 valence electrons. The zero-order valence-electron chi connectivity index (χ0n) is 16.3. The van der Waals surface area contributed by atoms with Crippen LogP contribution in [0.1, 0.15) is 35.3 Å². The molecule has 29 heavy (non-hydrogen) atoms. The third-order valence-electron chi connectivity index (χ3n) is 5.05. The van der Waals surface area contributed by atoms with Gasteiger partial charge < -0.3 is 20.1 Å². The average Bonchev–Trinajstić information content (AvgIpc) is 3.09. The Labute approximate surface area is 183 Å². The third kappa shape index (κ3) is 4.18. The van der Waals surface area contributed by atoms with Crippen molar-refractivity contribution in [3.8, 4) is 5.75 Å². The highest BCUT2D eigenvalue weighted by atomic mass is 127. The van der Waals surface area contributed by atoms with E-state index in [4.69, 9.17) is 4.74 Å². The number of carbonyl (C=O) groups is 1. The normalized spacial score (nSPS) is 15.6. The van der Waals surface area contributed by atoms with Crippen LogP contribution in [0.25, 0.3) is 17.0 Å². The predicted molar refractivity (Wildman–Crippen MR) is 123 cm³/mol. The summed E-state index contributed by atoms with van der Waals surface area (Å²) in [5.74, 6) is 0.337. The van der Waals surface area contributed by atoms with Crippen LogP contribution in [0.3, 0.4) is 0 Å². The lowest BCUT2D eigenvalue weighted by Gasteiger charge is -2.29. The Hall–Kier alpha value is -2.32. The number of fused-ring (bicyclic) bond motifs is 2. The average molecular weight is 502 g/mol. The van der Waals surface area contributed by atoms with Crippen molar-refractivity contribution in [3.63, 3.8) is 0 Å². The molecule has 0 aliphatic carbocycles. The van der Waals surface area contributed by atoms with E-state index >= 15 is 0 Å². The number of nitrogens with one attached hydrogen (secondary N) is 2. The smallest absolute Gasteiger partial charge is 0.255 e. The molecule has 1 aliphatic rings. The van der Waals surface area contributed by atoms with Crippen molar-refractivity contribution in [2.75, 3.05) is 6.61 Å². The largest absolute Gasteiger partial charge is 0.482 e. The van der Waals surface area contributed by atoms with Crippen LogP contribution < -0.4 is 10.1 Å². The Morgan fingerprint density at radius 3 is 2.90 bits per heavy atom. The van der Waals surface area contributed by atoms with Gasteiger partial charge >= 0.3 is 0 Å². The van der Waals surface area contributed by atoms with Crippen LogP contribution in [0, 0.1) is 3.57 Å². The second kappa shape index (κ2) is 7.84. The molecule has 3 N–H and O–H groups in total. The standard InChI is InChI=1S/C23H23IN2O3/c1-23(2)8-7-14-9-16(24)11-19(21(14)29-23)22(28)26-17(13-27)10-15-12-25-20-6-4-3-5-18(15)20/h3-9,11-12,17,25,27H,10,13H2,1-2H3,(H,26,28)/t17-/m1/s1. The molecule has 5 nitrogen and oxygen atoms in total. The molecule has 0 unspecified atom stereocenters. The first-order valence-electron chi connectivity index (χ1n) is 9.55. The van der Waals surface area contributed by atoms with Gasteiger partial charge in [-0.3, -0.25) is 4.79 Å². The molecule has 0 bridgehead atoms. The summed E-state index contributed by atoms with van der Waals surface area (Å²) in [7, 11) is 0. The molecule has 0 radical (unpaired) electrons. The second-order valence-electron chi connectivity index (χ2n) is 7.83. The van der Waals surface area contributed by atoms with E-state index in [9.17, 15) is 9.90 Å². The molecule has 0 saturated carbocycles. The molecule has 2 heterocycles. The van der Waals surface area contributed by atoms with Crippen LogP contribution in [0.4, 0.5) is 0 Å². The van der Waals surface area contributed by atoms with Gasteiger partial charge in [0.2, 0.25) is 0 Å². The summed E-state index contributed by atoms with van der Waals surface area (Å²) in [6, 6.07) is 11.4. The van der Waals surface area contributed by atoms with Gasteiger partial charge in [0.1, 0.15) is 11.4 Å². The number of aliphatic hydroxyl groups is 1. The number of aliphatic hydroxyl groups excluding tert-OH is 1. The van der Waals surface area contributed by atoms with Crippen molar-refractivity contribution in [1.29, 1.82) is 0 Å². The molecule has 6 heteroatoms. The number of aromatic nitrogens is 1. The summed E-state index contributed by atoms with van der Waals surface area (Å²) < 4.78 is 7.04. The van der Waals surface area contributed by atoms with Gasteiger partial charge in [-0.05, 0) is 72.7 Å². The molecule has 0 fully saturated rings. The van der Waals surface area contributed by atoms with Gasteiger partial charge in [-0.2, -0.15) is 0 Å². The number of para-hydroxylation sites is 1. The molecule has 1 amide bonds. The minimum atomic E-state index is -0.477. The summed E-state index contributed by atoms with van der Waals surface area (Å²) in [4.78, 5) is 16.3. The second-order valence-corrected chi connectivity index (χ2v) is 9.07. The predicted octanol–water partition coefficient (Wildman–Crippen LogP) is 4.29. The maximum Gasteiger partial charge on any atom is 0.255 e. The summed E-state index contributed by atoms with van der Waals surface area (Å²) >= 11 is 2.20. The van der Waals surface area contributed by atoms with Crippen molar-refractivity contribution in [3.05, 3.63) is 68.9 Å². The molecule has 3 aromatic rings. The van der Waals surface area contributed by atoms with Crippen LogP contribution in [0.15, 0.2) is 48.7 Å². The first-order chi connectivity index (χ1) is 13.9. The molecule has 0 spiro atoms. The van der Waals surface area contributed by atoms with Gasteiger partial charge in [-0.1, -0.05) is 24.3 Å². The zero-order valence-corrected chi connectivity index (χ0v) is 18.5. The van der Waals surface area contributed by atoms with Crippen molar-refractivity contribution >= 4 is 45.5 Å². The number of rotatable bonds is 5.